The van der Waals surface area contributed by atoms with Crippen molar-refractivity contribution >= 4 is 28.9 Å². The average Bonchev–Trinajstić information content (AvgIpc) is 2.16. The summed E-state index contributed by atoms with van der Waals surface area (Å²) < 4.78 is 0. The molecule has 0 aliphatic rings. The number of hydrogen-bond donors (Lipinski definition) is 1. The van der Waals surface area contributed by atoms with Gasteiger partial charge in [0.2, 0.25) is 0 Å². The molecule has 0 radical (unpaired) electrons. The largest absolute Gasteiger partial charge is 0.366 e. The van der Waals surface area contributed by atoms with Gasteiger partial charge in [-0.25, -0.2) is 0 Å². The molecule has 0 saturated heterocycles. The lowest BCUT2D eigenvalue weighted by Crippen LogP contribution is -2.12. The Hall–Kier alpha value is -2.22. The minimum absolute atomic E-state index is 0.456. The summed E-state index contributed by atoms with van der Waals surface area (Å²) in [4.78, 5) is 30.0. The molecule has 0 aliphatic heterocycles. The van der Waals surface area contributed by atoms with Crippen molar-refractivity contribution in [2.45, 2.75) is 0 Å². The van der Waals surface area contributed by atoms with Gasteiger partial charge in [-0.15, -0.1) is 0 Å². The van der Waals surface area contributed by atoms with Gasteiger partial charge in [0.15, 0.2) is 0 Å². The van der Waals surface area contributed by atoms with Crippen LogP contribution in [-0.2, 0) is 0 Å². The SMILES string of the molecule is NC(=O)c1cc([N+](=O)[O-])cc([N+](=O)[O-])c1Cl. The second-order valence-electron chi connectivity index (χ2n) is 2.70. The molecule has 1 rings (SSSR count). The first-order valence-corrected chi connectivity index (χ1v) is 4.14. The van der Waals surface area contributed by atoms with Crippen LogP contribution < -0.4 is 5.73 Å². The number of carbonyl (C=O) groups excluding carboxylic acids is 1. The normalized spacial score (nSPS) is 9.81. The minimum Gasteiger partial charge on any atom is -0.366 e. The highest BCUT2D eigenvalue weighted by Gasteiger charge is 2.24. The lowest BCUT2D eigenvalue weighted by atomic mass is 10.1. The molecule has 1 amide bonds. The first-order valence-electron chi connectivity index (χ1n) is 3.76. The van der Waals surface area contributed by atoms with E-state index >= 15 is 0 Å². The number of hydrogen-bond acceptors (Lipinski definition) is 5. The smallest absolute Gasteiger partial charge is 0.295 e. The van der Waals surface area contributed by atoms with Crippen molar-refractivity contribution in [2.24, 2.45) is 5.73 Å². The van der Waals surface area contributed by atoms with Crippen LogP contribution in [0.4, 0.5) is 11.4 Å². The van der Waals surface area contributed by atoms with Gasteiger partial charge in [-0.05, 0) is 0 Å². The maximum atomic E-state index is 10.9. The third-order valence-electron chi connectivity index (χ3n) is 1.71. The average molecular weight is 246 g/mol. The monoisotopic (exact) mass is 245 g/mol. The van der Waals surface area contributed by atoms with Gasteiger partial charge in [0.1, 0.15) is 5.02 Å². The topological polar surface area (TPSA) is 129 Å². The Kier molecular flexibility index (Phi) is 3.04. The van der Waals surface area contributed by atoms with Crippen LogP contribution in [0.5, 0.6) is 0 Å². The molecule has 0 aromatic heterocycles. The van der Waals surface area contributed by atoms with Gasteiger partial charge in [-0.1, -0.05) is 11.6 Å². The van der Waals surface area contributed by atoms with E-state index in [0.29, 0.717) is 6.07 Å². The number of nitro groups is 2. The Morgan fingerprint density at radius 1 is 1.25 bits per heavy atom. The Morgan fingerprint density at radius 2 is 1.81 bits per heavy atom. The second kappa shape index (κ2) is 4.11. The van der Waals surface area contributed by atoms with E-state index in [9.17, 15) is 25.0 Å². The molecule has 1 aromatic rings. The fourth-order valence-corrected chi connectivity index (χ4v) is 1.28. The molecule has 0 bridgehead atoms. The standard InChI is InChI=1S/C7H4ClN3O5/c8-6-4(7(9)12)1-3(10(13)14)2-5(6)11(15)16/h1-2H,(H2,9,12). The van der Waals surface area contributed by atoms with Crippen LogP contribution in [0, 0.1) is 20.2 Å². The highest BCUT2D eigenvalue weighted by atomic mass is 35.5. The minimum atomic E-state index is -1.07. The molecular weight excluding hydrogens is 242 g/mol. The molecule has 9 heteroatoms. The predicted octanol–water partition coefficient (Wildman–Crippen LogP) is 1.26. The summed E-state index contributed by atoms with van der Waals surface area (Å²) in [7, 11) is 0. The van der Waals surface area contributed by atoms with Crippen molar-refractivity contribution < 1.29 is 14.6 Å². The van der Waals surface area contributed by atoms with Crippen LogP contribution in [0.1, 0.15) is 10.4 Å². The quantitative estimate of drug-likeness (QED) is 0.633. The zero-order valence-electron chi connectivity index (χ0n) is 7.55. The van der Waals surface area contributed by atoms with Gasteiger partial charge in [0, 0.05) is 6.07 Å². The lowest BCUT2D eigenvalue weighted by molar-refractivity contribution is -0.394. The molecule has 0 atom stereocenters. The van der Waals surface area contributed by atoms with E-state index in [2.05, 4.69) is 0 Å². The van der Waals surface area contributed by atoms with Gasteiger partial charge in [0.25, 0.3) is 17.3 Å². The molecule has 0 saturated carbocycles. The van der Waals surface area contributed by atoms with E-state index in [0.717, 1.165) is 6.07 Å². The van der Waals surface area contributed by atoms with Crippen molar-refractivity contribution in [3.05, 3.63) is 42.9 Å². The Morgan fingerprint density at radius 3 is 2.19 bits per heavy atom. The number of nitrogens with zero attached hydrogens (tertiary/aromatic N) is 2. The number of carbonyl (C=O) groups is 1. The fraction of sp³-hybridized carbons (Fsp3) is 0. The van der Waals surface area contributed by atoms with Gasteiger partial charge in [-0.3, -0.25) is 25.0 Å². The molecule has 8 nitrogen and oxygen atoms in total. The molecule has 0 spiro atoms. The summed E-state index contributed by atoms with van der Waals surface area (Å²) in [5.41, 5.74) is 3.08. The lowest BCUT2D eigenvalue weighted by Gasteiger charge is -2.00. The molecule has 0 heterocycles. The maximum Gasteiger partial charge on any atom is 0.295 e. The third-order valence-corrected chi connectivity index (χ3v) is 2.11. The number of nitrogens with two attached hydrogens (primary N) is 1. The summed E-state index contributed by atoms with van der Waals surface area (Å²) in [6, 6.07) is 1.45. The van der Waals surface area contributed by atoms with Crippen molar-refractivity contribution in [2.75, 3.05) is 0 Å². The summed E-state index contributed by atoms with van der Waals surface area (Å²) in [5, 5.41) is 20.5. The van der Waals surface area contributed by atoms with Crippen LogP contribution in [0.3, 0.4) is 0 Å². The Labute approximate surface area is 92.9 Å². The molecular formula is C7H4ClN3O5. The van der Waals surface area contributed by atoms with Crippen LogP contribution in [0.25, 0.3) is 0 Å². The van der Waals surface area contributed by atoms with E-state index in [1.807, 2.05) is 0 Å². The molecule has 16 heavy (non-hydrogen) atoms. The highest BCUT2D eigenvalue weighted by molar-refractivity contribution is 6.36. The molecule has 1 aromatic carbocycles. The summed E-state index contributed by atoms with van der Waals surface area (Å²) in [5.74, 6) is -1.07. The molecule has 0 unspecified atom stereocenters. The maximum absolute atomic E-state index is 10.9. The molecule has 2 N–H and O–H groups in total. The summed E-state index contributed by atoms with van der Waals surface area (Å²) in [6.45, 7) is 0. The number of benzene rings is 1. The van der Waals surface area contributed by atoms with Gasteiger partial charge >= 0.3 is 0 Å². The highest BCUT2D eigenvalue weighted by Crippen LogP contribution is 2.32. The zero-order chi connectivity index (χ0) is 12.5. The van der Waals surface area contributed by atoms with Crippen molar-refractivity contribution in [1.82, 2.24) is 0 Å². The first kappa shape index (κ1) is 11.9. The molecule has 84 valence electrons. The van der Waals surface area contributed by atoms with Crippen molar-refractivity contribution in [3.63, 3.8) is 0 Å². The van der Waals surface area contributed by atoms with E-state index in [4.69, 9.17) is 17.3 Å². The van der Waals surface area contributed by atoms with Crippen LogP contribution in [0.2, 0.25) is 5.02 Å². The van der Waals surface area contributed by atoms with Gasteiger partial charge in [0.05, 0.1) is 21.5 Å². The van der Waals surface area contributed by atoms with E-state index in [1.165, 1.54) is 0 Å². The van der Waals surface area contributed by atoms with Gasteiger partial charge in [-0.2, -0.15) is 0 Å². The van der Waals surface area contributed by atoms with Crippen molar-refractivity contribution in [3.8, 4) is 0 Å². The summed E-state index contributed by atoms with van der Waals surface area (Å²) in [6.07, 6.45) is 0. The number of amides is 1. The molecule has 0 aliphatic carbocycles. The van der Waals surface area contributed by atoms with Crippen LogP contribution in [0.15, 0.2) is 12.1 Å². The predicted molar refractivity (Wildman–Crippen MR) is 53.3 cm³/mol. The number of halogens is 1. The van der Waals surface area contributed by atoms with Crippen LogP contribution >= 0.6 is 11.6 Å². The third kappa shape index (κ3) is 2.06. The van der Waals surface area contributed by atoms with E-state index in [-0.39, 0.29) is 0 Å². The zero-order valence-corrected chi connectivity index (χ0v) is 8.30. The Bertz CT molecular complexity index is 466. The van der Waals surface area contributed by atoms with Crippen LogP contribution in [-0.4, -0.2) is 15.8 Å². The van der Waals surface area contributed by atoms with E-state index in [1.54, 1.807) is 0 Å². The van der Waals surface area contributed by atoms with Crippen molar-refractivity contribution in [1.29, 1.82) is 0 Å². The van der Waals surface area contributed by atoms with Gasteiger partial charge < -0.3 is 5.73 Å². The summed E-state index contributed by atoms with van der Waals surface area (Å²) >= 11 is 5.51. The number of primary amides is 1. The second-order valence-corrected chi connectivity index (χ2v) is 3.08. The molecule has 0 fully saturated rings. The Balaban J connectivity index is 3.57. The number of rotatable bonds is 3. The number of nitro benzene ring substituents is 2. The first-order chi connectivity index (χ1) is 7.34. The fourth-order valence-electron chi connectivity index (χ4n) is 1.01. The van der Waals surface area contributed by atoms with E-state index < -0.39 is 37.7 Å². The number of non-ortho nitro benzene ring substituents is 1.